The molecule has 0 aliphatic carbocycles. The molecule has 0 aliphatic heterocycles. The standard InChI is InChI=1S/C42H29N/c1-28-16-17-30-20-23-34(27-35(30)25-28)42-38-13-4-2-11-36(38)41(37-12-3-5-14-39(37)42)31-21-18-29(19-22-31)32-9-8-10-33(26-32)40-15-6-7-24-43-40/h2-27H,1H3. The first kappa shape index (κ1) is 25.2. The molecule has 0 fully saturated rings. The molecule has 43 heavy (non-hydrogen) atoms. The fourth-order valence-electron chi connectivity index (χ4n) is 6.49. The Morgan fingerprint density at radius 2 is 0.953 bits per heavy atom. The van der Waals surface area contributed by atoms with Crippen molar-refractivity contribution >= 4 is 32.3 Å². The number of aryl methyl sites for hydroxylation is 1. The molecule has 1 heteroatoms. The van der Waals surface area contributed by atoms with Crippen LogP contribution in [0.4, 0.5) is 0 Å². The van der Waals surface area contributed by atoms with E-state index in [1.165, 1.54) is 71.3 Å². The fourth-order valence-corrected chi connectivity index (χ4v) is 6.49. The summed E-state index contributed by atoms with van der Waals surface area (Å²) in [4.78, 5) is 4.54. The second-order valence-corrected chi connectivity index (χ2v) is 11.3. The first-order chi connectivity index (χ1) is 21.2. The number of hydrogen-bond acceptors (Lipinski definition) is 1. The van der Waals surface area contributed by atoms with Gasteiger partial charge in [-0.25, -0.2) is 0 Å². The van der Waals surface area contributed by atoms with E-state index < -0.39 is 0 Å². The molecule has 0 radical (unpaired) electrons. The Labute approximate surface area is 251 Å². The first-order valence-corrected chi connectivity index (χ1v) is 14.8. The van der Waals surface area contributed by atoms with E-state index >= 15 is 0 Å². The van der Waals surface area contributed by atoms with Crippen molar-refractivity contribution in [2.24, 2.45) is 0 Å². The summed E-state index contributed by atoms with van der Waals surface area (Å²) in [6.45, 7) is 2.16. The Balaban J connectivity index is 1.29. The third kappa shape index (κ3) is 4.47. The van der Waals surface area contributed by atoms with Gasteiger partial charge in [0.05, 0.1) is 5.69 Å². The SMILES string of the molecule is Cc1ccc2ccc(-c3c4ccccc4c(-c4ccc(-c5cccc(-c6ccccn6)c5)cc4)c4ccccc34)cc2c1. The largest absolute Gasteiger partial charge is 0.256 e. The molecule has 7 aromatic carbocycles. The number of hydrogen-bond donors (Lipinski definition) is 0. The molecule has 0 spiro atoms. The quantitative estimate of drug-likeness (QED) is 0.200. The predicted octanol–water partition coefficient (Wildman–Crippen LogP) is 11.5. The molecule has 1 aromatic heterocycles. The zero-order chi connectivity index (χ0) is 28.8. The van der Waals surface area contributed by atoms with Gasteiger partial charge in [-0.1, -0.05) is 133 Å². The highest BCUT2D eigenvalue weighted by Gasteiger charge is 2.17. The smallest absolute Gasteiger partial charge is 0.0702 e. The molecule has 1 nitrogen and oxygen atoms in total. The van der Waals surface area contributed by atoms with Crippen LogP contribution in [0.25, 0.3) is 77.0 Å². The van der Waals surface area contributed by atoms with Crippen molar-refractivity contribution in [1.29, 1.82) is 0 Å². The molecule has 0 N–H and O–H groups in total. The maximum absolute atomic E-state index is 4.54. The Hall–Kier alpha value is -5.53. The number of rotatable bonds is 4. The van der Waals surface area contributed by atoms with E-state index in [2.05, 4.69) is 151 Å². The Bertz CT molecular complexity index is 2220. The highest BCUT2D eigenvalue weighted by molar-refractivity contribution is 6.21. The summed E-state index contributed by atoms with van der Waals surface area (Å²) in [7, 11) is 0. The molecule has 0 unspecified atom stereocenters. The van der Waals surface area contributed by atoms with Crippen molar-refractivity contribution in [2.75, 3.05) is 0 Å². The van der Waals surface area contributed by atoms with Crippen LogP contribution >= 0.6 is 0 Å². The van der Waals surface area contributed by atoms with Crippen LogP contribution in [0.5, 0.6) is 0 Å². The van der Waals surface area contributed by atoms with Crippen molar-refractivity contribution in [3.8, 4) is 44.6 Å². The van der Waals surface area contributed by atoms with Gasteiger partial charge in [-0.3, -0.25) is 4.98 Å². The lowest BCUT2D eigenvalue weighted by Gasteiger charge is -2.18. The van der Waals surface area contributed by atoms with Gasteiger partial charge in [0.1, 0.15) is 0 Å². The van der Waals surface area contributed by atoms with Crippen LogP contribution < -0.4 is 0 Å². The number of benzene rings is 7. The molecular weight excluding hydrogens is 518 g/mol. The van der Waals surface area contributed by atoms with Crippen molar-refractivity contribution in [3.05, 3.63) is 163 Å². The normalized spacial score (nSPS) is 11.4. The molecule has 1 heterocycles. The van der Waals surface area contributed by atoms with Crippen LogP contribution in [0.1, 0.15) is 5.56 Å². The molecule has 0 atom stereocenters. The number of fused-ring (bicyclic) bond motifs is 3. The maximum Gasteiger partial charge on any atom is 0.0702 e. The van der Waals surface area contributed by atoms with Crippen molar-refractivity contribution in [3.63, 3.8) is 0 Å². The minimum absolute atomic E-state index is 0.987. The minimum Gasteiger partial charge on any atom is -0.256 e. The van der Waals surface area contributed by atoms with E-state index in [0.717, 1.165) is 11.3 Å². The van der Waals surface area contributed by atoms with Gasteiger partial charge in [0.25, 0.3) is 0 Å². The summed E-state index contributed by atoms with van der Waals surface area (Å²) in [6.07, 6.45) is 1.84. The van der Waals surface area contributed by atoms with E-state index in [1.54, 1.807) is 0 Å². The van der Waals surface area contributed by atoms with Crippen LogP contribution in [-0.4, -0.2) is 4.98 Å². The second-order valence-electron chi connectivity index (χ2n) is 11.3. The van der Waals surface area contributed by atoms with Gasteiger partial charge in [-0.05, 0) is 96.9 Å². The number of pyridine rings is 1. The number of nitrogens with zero attached hydrogens (tertiary/aromatic N) is 1. The van der Waals surface area contributed by atoms with Crippen LogP contribution in [-0.2, 0) is 0 Å². The van der Waals surface area contributed by atoms with Crippen molar-refractivity contribution in [1.82, 2.24) is 4.98 Å². The van der Waals surface area contributed by atoms with Gasteiger partial charge in [0.15, 0.2) is 0 Å². The molecule has 0 saturated heterocycles. The van der Waals surface area contributed by atoms with Crippen LogP contribution in [0, 0.1) is 6.92 Å². The van der Waals surface area contributed by atoms with Gasteiger partial charge < -0.3 is 0 Å². The van der Waals surface area contributed by atoms with E-state index in [1.807, 2.05) is 18.3 Å². The Morgan fingerprint density at radius 1 is 0.372 bits per heavy atom. The van der Waals surface area contributed by atoms with Crippen molar-refractivity contribution < 1.29 is 0 Å². The van der Waals surface area contributed by atoms with E-state index in [0.29, 0.717) is 0 Å². The first-order valence-electron chi connectivity index (χ1n) is 14.8. The third-order valence-corrected chi connectivity index (χ3v) is 8.55. The van der Waals surface area contributed by atoms with E-state index in [-0.39, 0.29) is 0 Å². The van der Waals surface area contributed by atoms with Crippen LogP contribution in [0.3, 0.4) is 0 Å². The van der Waals surface area contributed by atoms with Crippen LogP contribution in [0.2, 0.25) is 0 Å². The Kier molecular flexibility index (Phi) is 6.09. The molecular formula is C42H29N. The summed E-state index contributed by atoms with van der Waals surface area (Å²) in [5, 5.41) is 7.63. The molecule has 202 valence electrons. The lowest BCUT2D eigenvalue weighted by atomic mass is 9.85. The highest BCUT2D eigenvalue weighted by atomic mass is 14.7. The molecule has 8 aromatic rings. The zero-order valence-corrected chi connectivity index (χ0v) is 24.0. The van der Waals surface area contributed by atoms with Crippen LogP contribution in [0.15, 0.2) is 158 Å². The third-order valence-electron chi connectivity index (χ3n) is 8.55. The fraction of sp³-hybridized carbons (Fsp3) is 0.0238. The minimum atomic E-state index is 0.987. The van der Waals surface area contributed by atoms with Gasteiger partial charge in [0.2, 0.25) is 0 Å². The number of aromatic nitrogens is 1. The lowest BCUT2D eigenvalue weighted by molar-refractivity contribution is 1.33. The summed E-state index contributed by atoms with van der Waals surface area (Å²) in [6, 6.07) is 55.0. The molecule has 8 rings (SSSR count). The molecule has 0 saturated carbocycles. The van der Waals surface area contributed by atoms with Gasteiger partial charge in [-0.2, -0.15) is 0 Å². The van der Waals surface area contributed by atoms with Gasteiger partial charge in [-0.15, -0.1) is 0 Å². The highest BCUT2D eigenvalue weighted by Crippen LogP contribution is 2.44. The summed E-state index contributed by atoms with van der Waals surface area (Å²) < 4.78 is 0. The average Bonchev–Trinajstić information content (AvgIpc) is 3.07. The average molecular weight is 548 g/mol. The summed E-state index contributed by atoms with van der Waals surface area (Å²) in [5.74, 6) is 0. The monoisotopic (exact) mass is 547 g/mol. The molecule has 0 aliphatic rings. The summed E-state index contributed by atoms with van der Waals surface area (Å²) >= 11 is 0. The molecule has 0 bridgehead atoms. The molecule has 0 amide bonds. The van der Waals surface area contributed by atoms with E-state index in [9.17, 15) is 0 Å². The van der Waals surface area contributed by atoms with E-state index in [4.69, 9.17) is 0 Å². The van der Waals surface area contributed by atoms with Crippen molar-refractivity contribution in [2.45, 2.75) is 6.92 Å². The topological polar surface area (TPSA) is 12.9 Å². The van der Waals surface area contributed by atoms with Gasteiger partial charge in [0, 0.05) is 11.8 Å². The Morgan fingerprint density at radius 3 is 1.63 bits per heavy atom. The predicted molar refractivity (Wildman–Crippen MR) is 183 cm³/mol. The zero-order valence-electron chi connectivity index (χ0n) is 24.0. The second kappa shape index (κ2) is 10.4. The van der Waals surface area contributed by atoms with Gasteiger partial charge >= 0.3 is 0 Å². The summed E-state index contributed by atoms with van der Waals surface area (Å²) in [5.41, 5.74) is 10.8. The lowest BCUT2D eigenvalue weighted by Crippen LogP contribution is -1.91. The maximum atomic E-state index is 4.54.